The topological polar surface area (TPSA) is 99.4 Å². The Bertz CT molecular complexity index is 527. The van der Waals surface area contributed by atoms with E-state index in [9.17, 15) is 20.4 Å². The molecule has 130 valence electrons. The minimum Gasteiger partial charge on any atom is -0.391 e. The number of hydrogen-bond donors (Lipinski definition) is 4. The molecule has 1 aromatic carbocycles. The lowest BCUT2D eigenvalue weighted by molar-refractivity contribution is -0.398. The van der Waals surface area contributed by atoms with Gasteiger partial charge in [-0.25, -0.2) is 0 Å². The molecule has 0 bridgehead atoms. The van der Waals surface area contributed by atoms with Crippen molar-refractivity contribution in [2.45, 2.75) is 69.6 Å². The van der Waals surface area contributed by atoms with E-state index in [1.165, 1.54) is 27.7 Å². The molecule has 0 spiro atoms. The normalized spacial score (nSPS) is 42.4. The van der Waals surface area contributed by atoms with Gasteiger partial charge in [0.05, 0.1) is 12.7 Å². The van der Waals surface area contributed by atoms with Crippen LogP contribution >= 0.6 is 0 Å². The lowest BCUT2D eigenvalue weighted by Crippen LogP contribution is -2.78. The molecule has 0 amide bonds. The first-order valence-electron chi connectivity index (χ1n) is 7.68. The van der Waals surface area contributed by atoms with Crippen molar-refractivity contribution in [3.8, 4) is 0 Å². The molecule has 1 unspecified atom stereocenters. The zero-order valence-electron chi connectivity index (χ0n) is 13.9. The third kappa shape index (κ3) is 2.91. The van der Waals surface area contributed by atoms with Crippen molar-refractivity contribution in [2.75, 3.05) is 0 Å². The van der Waals surface area contributed by atoms with Gasteiger partial charge < -0.3 is 29.9 Å². The molecule has 6 atom stereocenters. The average Bonchev–Trinajstić information content (AvgIpc) is 2.48. The van der Waals surface area contributed by atoms with Crippen molar-refractivity contribution in [3.05, 3.63) is 35.9 Å². The number of hydrogen-bond acceptors (Lipinski definition) is 6. The van der Waals surface area contributed by atoms with E-state index < -0.39 is 35.3 Å². The first-order chi connectivity index (χ1) is 10.5. The number of benzene rings is 1. The van der Waals surface area contributed by atoms with Crippen LogP contribution in [0.15, 0.2) is 30.3 Å². The lowest BCUT2D eigenvalue weighted by atomic mass is 9.67. The SMILES string of the molecule is CC(O)[C@H]1O[C@H](O)[C@](C)(OCc2ccccc2)[C@@](C)(O)[C@]1(C)O. The number of aliphatic hydroxyl groups excluding tert-OH is 2. The van der Waals surface area contributed by atoms with Crippen molar-refractivity contribution in [1.29, 1.82) is 0 Å². The summed E-state index contributed by atoms with van der Waals surface area (Å²) < 4.78 is 11.2. The summed E-state index contributed by atoms with van der Waals surface area (Å²) in [6.07, 6.45) is -3.74. The van der Waals surface area contributed by atoms with Crippen LogP contribution in [0.5, 0.6) is 0 Å². The van der Waals surface area contributed by atoms with Crippen molar-refractivity contribution in [2.24, 2.45) is 0 Å². The number of aliphatic hydroxyl groups is 4. The molecule has 1 saturated heterocycles. The molecule has 0 saturated carbocycles. The van der Waals surface area contributed by atoms with Crippen LogP contribution in [0, 0.1) is 0 Å². The molecule has 23 heavy (non-hydrogen) atoms. The molecular weight excluding hydrogens is 300 g/mol. The van der Waals surface area contributed by atoms with E-state index in [0.717, 1.165) is 5.56 Å². The number of rotatable bonds is 4. The molecule has 1 aliphatic rings. The van der Waals surface area contributed by atoms with Gasteiger partial charge in [0.25, 0.3) is 0 Å². The Labute approximate surface area is 136 Å². The van der Waals surface area contributed by atoms with Gasteiger partial charge in [-0.1, -0.05) is 30.3 Å². The minimum atomic E-state index is -1.87. The van der Waals surface area contributed by atoms with Crippen LogP contribution < -0.4 is 0 Å². The van der Waals surface area contributed by atoms with Crippen LogP contribution in [0.25, 0.3) is 0 Å². The van der Waals surface area contributed by atoms with Gasteiger partial charge in [-0.05, 0) is 33.3 Å². The Morgan fingerprint density at radius 1 is 1.17 bits per heavy atom. The summed E-state index contributed by atoms with van der Waals surface area (Å²) in [7, 11) is 0. The van der Waals surface area contributed by atoms with Gasteiger partial charge in [0, 0.05) is 0 Å². The first-order valence-corrected chi connectivity index (χ1v) is 7.68. The third-order valence-corrected chi connectivity index (χ3v) is 5.07. The van der Waals surface area contributed by atoms with Crippen LogP contribution in [-0.2, 0) is 16.1 Å². The molecule has 4 N–H and O–H groups in total. The highest BCUT2D eigenvalue weighted by molar-refractivity contribution is 5.17. The Hall–Kier alpha value is -1.02. The second kappa shape index (κ2) is 6.12. The van der Waals surface area contributed by atoms with Crippen LogP contribution in [0.2, 0.25) is 0 Å². The predicted octanol–water partition coefficient (Wildman–Crippen LogP) is 0.562. The maximum Gasteiger partial charge on any atom is 0.187 e. The Morgan fingerprint density at radius 3 is 2.26 bits per heavy atom. The van der Waals surface area contributed by atoms with Crippen molar-refractivity contribution < 1.29 is 29.9 Å². The third-order valence-electron chi connectivity index (χ3n) is 5.07. The molecule has 1 fully saturated rings. The summed E-state index contributed by atoms with van der Waals surface area (Å²) in [6.45, 7) is 5.77. The van der Waals surface area contributed by atoms with Crippen molar-refractivity contribution in [1.82, 2.24) is 0 Å². The molecule has 6 heteroatoms. The second-order valence-corrected chi connectivity index (χ2v) is 6.75. The fourth-order valence-electron chi connectivity index (χ4n) is 3.02. The van der Waals surface area contributed by atoms with E-state index in [0.29, 0.717) is 0 Å². The highest BCUT2D eigenvalue weighted by atomic mass is 16.7. The van der Waals surface area contributed by atoms with Gasteiger partial charge in [-0.3, -0.25) is 0 Å². The van der Waals surface area contributed by atoms with Gasteiger partial charge in [-0.15, -0.1) is 0 Å². The Balaban J connectivity index is 2.29. The van der Waals surface area contributed by atoms with Gasteiger partial charge in [0.15, 0.2) is 6.29 Å². The molecule has 0 radical (unpaired) electrons. The monoisotopic (exact) mass is 326 g/mol. The zero-order chi connectivity index (χ0) is 17.5. The highest BCUT2D eigenvalue weighted by Gasteiger charge is 2.67. The summed E-state index contributed by atoms with van der Waals surface area (Å²) in [5, 5.41) is 41.9. The van der Waals surface area contributed by atoms with E-state index >= 15 is 0 Å². The molecule has 1 aromatic rings. The van der Waals surface area contributed by atoms with Gasteiger partial charge in [-0.2, -0.15) is 0 Å². The predicted molar refractivity (Wildman–Crippen MR) is 83.4 cm³/mol. The molecular formula is C17H26O6. The van der Waals surface area contributed by atoms with E-state index in [1.54, 1.807) is 0 Å². The van der Waals surface area contributed by atoms with Crippen LogP contribution in [0.1, 0.15) is 33.3 Å². The van der Waals surface area contributed by atoms with Crippen molar-refractivity contribution >= 4 is 0 Å². The molecule has 1 aliphatic heterocycles. The summed E-state index contributed by atoms with van der Waals surface area (Å²) in [5.74, 6) is 0. The zero-order valence-corrected chi connectivity index (χ0v) is 13.9. The summed E-state index contributed by atoms with van der Waals surface area (Å²) in [4.78, 5) is 0. The fourth-order valence-corrected chi connectivity index (χ4v) is 3.02. The molecule has 0 aliphatic carbocycles. The highest BCUT2D eigenvalue weighted by Crippen LogP contribution is 2.46. The molecule has 0 aromatic heterocycles. The molecule has 6 nitrogen and oxygen atoms in total. The van der Waals surface area contributed by atoms with Crippen molar-refractivity contribution in [3.63, 3.8) is 0 Å². The largest absolute Gasteiger partial charge is 0.391 e. The van der Waals surface area contributed by atoms with Gasteiger partial charge >= 0.3 is 0 Å². The van der Waals surface area contributed by atoms with Gasteiger partial charge in [0.1, 0.15) is 22.9 Å². The van der Waals surface area contributed by atoms with E-state index in [4.69, 9.17) is 9.47 Å². The number of ether oxygens (including phenoxy) is 2. The molecule has 2 rings (SSSR count). The van der Waals surface area contributed by atoms with Crippen LogP contribution in [0.3, 0.4) is 0 Å². The maximum absolute atomic E-state index is 11.0. The lowest BCUT2D eigenvalue weighted by Gasteiger charge is -2.58. The molecule has 1 heterocycles. The van der Waals surface area contributed by atoms with Crippen LogP contribution in [-0.4, -0.2) is 55.7 Å². The quantitative estimate of drug-likeness (QED) is 0.645. The van der Waals surface area contributed by atoms with E-state index in [2.05, 4.69) is 0 Å². The standard InChI is InChI=1S/C17H26O6/c1-11(18)13-15(2,20)17(4,21)16(3,14(19)23-13)22-10-12-8-6-5-7-9-12/h5-9,11,13-14,18-21H,10H2,1-4H3/t11?,13-,14+,15-,16+,17+/m1/s1. The first kappa shape index (κ1) is 18.3. The summed E-state index contributed by atoms with van der Waals surface area (Å²) in [6, 6.07) is 9.28. The Kier molecular flexibility index (Phi) is 4.88. The van der Waals surface area contributed by atoms with Gasteiger partial charge in [0.2, 0.25) is 0 Å². The second-order valence-electron chi connectivity index (χ2n) is 6.75. The minimum absolute atomic E-state index is 0.128. The fraction of sp³-hybridized carbons (Fsp3) is 0.647. The summed E-state index contributed by atoms with van der Waals surface area (Å²) >= 11 is 0. The van der Waals surface area contributed by atoms with E-state index in [-0.39, 0.29) is 6.61 Å². The Morgan fingerprint density at radius 2 is 1.74 bits per heavy atom. The van der Waals surface area contributed by atoms with Crippen LogP contribution in [0.4, 0.5) is 0 Å². The maximum atomic E-state index is 11.0. The smallest absolute Gasteiger partial charge is 0.187 e. The summed E-state index contributed by atoms with van der Waals surface area (Å²) in [5.41, 5.74) is -4.42. The van der Waals surface area contributed by atoms with E-state index in [1.807, 2.05) is 30.3 Å². The average molecular weight is 326 g/mol.